The molecule has 0 saturated heterocycles. The van der Waals surface area contributed by atoms with Crippen LogP contribution >= 0.6 is 0 Å². The van der Waals surface area contributed by atoms with Gasteiger partial charge < -0.3 is 4.90 Å². The summed E-state index contributed by atoms with van der Waals surface area (Å²) in [6.07, 6.45) is 0. The second-order valence-corrected chi connectivity index (χ2v) is 5.57. The van der Waals surface area contributed by atoms with Gasteiger partial charge in [-0.1, -0.05) is 12.1 Å². The van der Waals surface area contributed by atoms with Crippen molar-refractivity contribution in [3.05, 3.63) is 62.8 Å². The standard InChI is InChI=1S/C17H19FN4O/c1-4-21(10-14-6-5-7-15(18)8-14)11-22-17(23)16(9-19)12(2)13(3)20-22/h5-8H,4,10-11H2,1-3H3/p+1. The lowest BCUT2D eigenvalue weighted by molar-refractivity contribution is -0.935. The Kier molecular flexibility index (Phi) is 5.24. The minimum Gasteiger partial charge on any atom is -0.313 e. The number of benzene rings is 1. The number of halogens is 1. The Labute approximate surface area is 134 Å². The normalized spacial score (nSPS) is 12.0. The Morgan fingerprint density at radius 1 is 1.39 bits per heavy atom. The van der Waals surface area contributed by atoms with Gasteiger partial charge in [0, 0.05) is 5.56 Å². The second-order valence-electron chi connectivity index (χ2n) is 5.57. The van der Waals surface area contributed by atoms with Crippen molar-refractivity contribution >= 4 is 0 Å². The number of nitriles is 1. The van der Waals surface area contributed by atoms with E-state index in [4.69, 9.17) is 5.26 Å². The number of aromatic nitrogens is 2. The Balaban J connectivity index is 2.28. The molecule has 0 bridgehead atoms. The predicted octanol–water partition coefficient (Wildman–Crippen LogP) is 0.933. The van der Waals surface area contributed by atoms with E-state index in [-0.39, 0.29) is 16.9 Å². The summed E-state index contributed by atoms with van der Waals surface area (Å²) in [5.74, 6) is -0.272. The van der Waals surface area contributed by atoms with E-state index in [9.17, 15) is 9.18 Å². The number of hydrogen-bond acceptors (Lipinski definition) is 3. The molecule has 1 aromatic heterocycles. The zero-order valence-corrected chi connectivity index (χ0v) is 13.6. The maximum Gasteiger partial charge on any atom is 0.289 e. The van der Waals surface area contributed by atoms with Gasteiger partial charge in [-0.25, -0.2) is 4.39 Å². The Bertz CT molecular complexity index is 807. The smallest absolute Gasteiger partial charge is 0.289 e. The molecule has 1 atom stereocenters. The van der Waals surface area contributed by atoms with E-state index >= 15 is 0 Å². The fourth-order valence-corrected chi connectivity index (χ4v) is 2.45. The number of nitrogens with one attached hydrogen (secondary N) is 1. The molecule has 0 radical (unpaired) electrons. The molecule has 2 aromatic rings. The van der Waals surface area contributed by atoms with Gasteiger partial charge in [0.25, 0.3) is 5.56 Å². The summed E-state index contributed by atoms with van der Waals surface area (Å²) in [4.78, 5) is 13.4. The highest BCUT2D eigenvalue weighted by molar-refractivity contribution is 5.36. The fourth-order valence-electron chi connectivity index (χ4n) is 2.45. The summed E-state index contributed by atoms with van der Waals surface area (Å²) in [7, 11) is 0. The first kappa shape index (κ1) is 16.8. The van der Waals surface area contributed by atoms with Crippen molar-refractivity contribution in [2.45, 2.75) is 34.0 Å². The second kappa shape index (κ2) is 7.16. The minimum atomic E-state index is -0.374. The third-order valence-electron chi connectivity index (χ3n) is 3.97. The quantitative estimate of drug-likeness (QED) is 0.893. The molecule has 0 aliphatic carbocycles. The Hall–Kier alpha value is -2.52. The topological polar surface area (TPSA) is 63.1 Å². The zero-order valence-electron chi connectivity index (χ0n) is 13.6. The summed E-state index contributed by atoms with van der Waals surface area (Å²) in [6.45, 7) is 7.17. The summed E-state index contributed by atoms with van der Waals surface area (Å²) in [6, 6.07) is 8.39. The predicted molar refractivity (Wildman–Crippen MR) is 84.3 cm³/mol. The molecule has 1 unspecified atom stereocenters. The van der Waals surface area contributed by atoms with Crippen LogP contribution in [-0.2, 0) is 13.2 Å². The lowest BCUT2D eigenvalue weighted by Crippen LogP contribution is -3.10. The number of rotatable bonds is 5. The molecule has 0 spiro atoms. The van der Waals surface area contributed by atoms with Crippen molar-refractivity contribution in [1.82, 2.24) is 9.78 Å². The lowest BCUT2D eigenvalue weighted by Gasteiger charge is -2.19. The van der Waals surface area contributed by atoms with Gasteiger partial charge >= 0.3 is 0 Å². The third kappa shape index (κ3) is 3.82. The van der Waals surface area contributed by atoms with Gasteiger partial charge in [-0.15, -0.1) is 0 Å². The molecule has 2 rings (SSSR count). The van der Waals surface area contributed by atoms with Crippen molar-refractivity contribution in [3.8, 4) is 6.07 Å². The highest BCUT2D eigenvalue weighted by atomic mass is 19.1. The van der Waals surface area contributed by atoms with E-state index in [0.29, 0.717) is 24.5 Å². The van der Waals surface area contributed by atoms with Gasteiger partial charge in [-0.2, -0.15) is 15.0 Å². The zero-order chi connectivity index (χ0) is 17.0. The van der Waals surface area contributed by atoms with Gasteiger partial charge in [-0.05, 0) is 38.5 Å². The van der Waals surface area contributed by atoms with E-state index in [2.05, 4.69) is 5.10 Å². The van der Waals surface area contributed by atoms with Crippen molar-refractivity contribution in [1.29, 1.82) is 5.26 Å². The van der Waals surface area contributed by atoms with Crippen LogP contribution in [0, 0.1) is 31.0 Å². The van der Waals surface area contributed by atoms with Gasteiger partial charge in [0.15, 0.2) is 6.67 Å². The molecule has 0 aliphatic rings. The van der Waals surface area contributed by atoms with Crippen LogP contribution in [0.5, 0.6) is 0 Å². The fraction of sp³-hybridized carbons (Fsp3) is 0.353. The van der Waals surface area contributed by atoms with Crippen LogP contribution in [0.15, 0.2) is 29.1 Å². The van der Waals surface area contributed by atoms with Crippen LogP contribution in [0.2, 0.25) is 0 Å². The maximum atomic E-state index is 13.3. The van der Waals surface area contributed by atoms with Gasteiger partial charge in [-0.3, -0.25) is 4.79 Å². The number of nitrogens with zero attached hydrogens (tertiary/aromatic N) is 3. The molecule has 6 heteroatoms. The largest absolute Gasteiger partial charge is 0.313 e. The first-order valence-electron chi connectivity index (χ1n) is 7.52. The van der Waals surface area contributed by atoms with Crippen LogP contribution in [0.4, 0.5) is 4.39 Å². The Morgan fingerprint density at radius 3 is 2.74 bits per heavy atom. The van der Waals surface area contributed by atoms with Gasteiger partial charge in [0.05, 0.1) is 12.2 Å². The number of quaternary nitrogens is 1. The average molecular weight is 315 g/mol. The molecule has 0 saturated carbocycles. The van der Waals surface area contributed by atoms with Gasteiger partial charge in [0.2, 0.25) is 0 Å². The molecule has 120 valence electrons. The molecule has 1 heterocycles. The maximum absolute atomic E-state index is 13.3. The van der Waals surface area contributed by atoms with Gasteiger partial charge in [0.1, 0.15) is 24.0 Å². The highest BCUT2D eigenvalue weighted by Crippen LogP contribution is 2.04. The number of aryl methyl sites for hydroxylation is 1. The Morgan fingerprint density at radius 2 is 2.13 bits per heavy atom. The third-order valence-corrected chi connectivity index (χ3v) is 3.97. The van der Waals surface area contributed by atoms with Crippen molar-refractivity contribution in [2.75, 3.05) is 6.54 Å². The van der Waals surface area contributed by atoms with Crippen molar-refractivity contribution in [3.63, 3.8) is 0 Å². The molecular formula is C17H20FN4O+. The molecular weight excluding hydrogens is 295 g/mol. The lowest BCUT2D eigenvalue weighted by atomic mass is 10.1. The number of hydrogen-bond donors (Lipinski definition) is 1. The average Bonchev–Trinajstić information content (AvgIpc) is 2.52. The summed E-state index contributed by atoms with van der Waals surface area (Å²) in [5.41, 5.74) is 1.91. The molecule has 0 amide bonds. The first-order chi connectivity index (χ1) is 11.0. The molecule has 23 heavy (non-hydrogen) atoms. The molecule has 1 aromatic carbocycles. The van der Waals surface area contributed by atoms with Crippen molar-refractivity contribution < 1.29 is 9.29 Å². The van der Waals surface area contributed by atoms with Crippen LogP contribution in [0.25, 0.3) is 0 Å². The van der Waals surface area contributed by atoms with Crippen molar-refractivity contribution in [2.24, 2.45) is 0 Å². The van der Waals surface area contributed by atoms with Crippen LogP contribution in [0.3, 0.4) is 0 Å². The van der Waals surface area contributed by atoms with E-state index in [0.717, 1.165) is 17.0 Å². The first-order valence-corrected chi connectivity index (χ1v) is 7.52. The minimum absolute atomic E-state index is 0.138. The molecule has 0 fully saturated rings. The summed E-state index contributed by atoms with van der Waals surface area (Å²) < 4.78 is 14.6. The van der Waals surface area contributed by atoms with E-state index in [1.54, 1.807) is 19.9 Å². The molecule has 1 N–H and O–H groups in total. The van der Waals surface area contributed by atoms with Crippen LogP contribution < -0.4 is 10.5 Å². The van der Waals surface area contributed by atoms with E-state index in [1.165, 1.54) is 16.8 Å². The van der Waals surface area contributed by atoms with Crippen LogP contribution in [-0.4, -0.2) is 16.3 Å². The summed E-state index contributed by atoms with van der Waals surface area (Å²) >= 11 is 0. The summed E-state index contributed by atoms with van der Waals surface area (Å²) in [5, 5.41) is 13.5. The van der Waals surface area contributed by atoms with Crippen LogP contribution in [0.1, 0.15) is 29.3 Å². The van der Waals surface area contributed by atoms with E-state index < -0.39 is 0 Å². The molecule has 0 aliphatic heterocycles. The van der Waals surface area contributed by atoms with E-state index in [1.807, 2.05) is 19.1 Å². The SMILES string of the molecule is CC[NH+](Cc1cccc(F)c1)Cn1nc(C)c(C)c(C#N)c1=O. The highest BCUT2D eigenvalue weighted by Gasteiger charge is 2.15. The molecule has 5 nitrogen and oxygen atoms in total. The monoisotopic (exact) mass is 315 g/mol.